The van der Waals surface area contributed by atoms with Crippen molar-refractivity contribution in [3.63, 3.8) is 0 Å². The van der Waals surface area contributed by atoms with Crippen LogP contribution in [0.15, 0.2) is 47.1 Å². The first-order valence-electron chi connectivity index (χ1n) is 9.19. The maximum Gasteiger partial charge on any atom is 0.343 e. The molecule has 0 aliphatic heterocycles. The van der Waals surface area contributed by atoms with Crippen LogP contribution < -0.4 is 10.1 Å². The minimum atomic E-state index is -1.11. The normalized spacial score (nSPS) is 11.4. The van der Waals surface area contributed by atoms with Gasteiger partial charge in [-0.2, -0.15) is 5.26 Å². The maximum absolute atomic E-state index is 12.7. The summed E-state index contributed by atoms with van der Waals surface area (Å²) in [7, 11) is 1.50. The number of hydrogen-bond donors (Lipinski definition) is 1. The molecular weight excluding hydrogens is 386 g/mol. The van der Waals surface area contributed by atoms with Gasteiger partial charge in [-0.15, -0.1) is 0 Å². The highest BCUT2D eigenvalue weighted by Crippen LogP contribution is 2.27. The lowest BCUT2D eigenvalue weighted by Gasteiger charge is -2.15. The SMILES string of the molecule is COc1ccc(C)cc1NC(=O)[C@@H](C)OC(=O)c1c(C)oc(-n2cccc2)c1C#N. The third-order valence-electron chi connectivity index (χ3n) is 4.49. The Balaban J connectivity index is 1.79. The van der Waals surface area contributed by atoms with Crippen molar-refractivity contribution < 1.29 is 23.5 Å². The standard InChI is InChI=1S/C22H21N3O5/c1-13-7-8-18(28-4)17(11-13)24-20(26)15(3)30-22(27)19-14(2)29-21(16(19)12-23)25-9-5-6-10-25/h5-11,15H,1-4H3,(H,24,26)/t15-/m1/s1. The minimum absolute atomic E-state index is 0.00557. The number of aryl methyl sites for hydroxylation is 2. The van der Waals surface area contributed by atoms with Gasteiger partial charge in [0.25, 0.3) is 5.91 Å². The zero-order valence-corrected chi connectivity index (χ0v) is 17.1. The van der Waals surface area contributed by atoms with Crippen molar-refractivity contribution in [2.24, 2.45) is 0 Å². The number of nitriles is 1. The molecule has 3 aromatic rings. The molecule has 3 rings (SSSR count). The second-order valence-electron chi connectivity index (χ2n) is 6.66. The topological polar surface area (TPSA) is 106 Å². The van der Waals surface area contributed by atoms with Gasteiger partial charge in [-0.25, -0.2) is 4.79 Å². The first-order valence-corrected chi connectivity index (χ1v) is 9.19. The number of benzene rings is 1. The van der Waals surface area contributed by atoms with E-state index in [1.807, 2.05) is 19.1 Å². The van der Waals surface area contributed by atoms with E-state index in [0.717, 1.165) is 5.56 Å². The van der Waals surface area contributed by atoms with Crippen molar-refractivity contribution in [1.29, 1.82) is 5.26 Å². The number of esters is 1. The quantitative estimate of drug-likeness (QED) is 0.624. The number of ether oxygens (including phenoxy) is 2. The monoisotopic (exact) mass is 407 g/mol. The second-order valence-corrected chi connectivity index (χ2v) is 6.66. The number of carbonyl (C=O) groups is 2. The molecule has 1 aromatic carbocycles. The van der Waals surface area contributed by atoms with Gasteiger partial charge in [0.05, 0.1) is 12.8 Å². The number of amides is 1. The summed E-state index contributed by atoms with van der Waals surface area (Å²) in [6.45, 7) is 4.89. The highest BCUT2D eigenvalue weighted by atomic mass is 16.5. The van der Waals surface area contributed by atoms with Gasteiger partial charge in [0.2, 0.25) is 5.88 Å². The number of rotatable bonds is 6. The van der Waals surface area contributed by atoms with Gasteiger partial charge in [0, 0.05) is 12.4 Å². The van der Waals surface area contributed by atoms with E-state index in [1.54, 1.807) is 48.1 Å². The molecule has 0 bridgehead atoms. The molecule has 1 N–H and O–H groups in total. The molecule has 0 unspecified atom stereocenters. The smallest absolute Gasteiger partial charge is 0.343 e. The van der Waals surface area contributed by atoms with E-state index < -0.39 is 18.0 Å². The molecule has 2 aromatic heterocycles. The molecule has 1 amide bonds. The number of methoxy groups -OCH3 is 1. The molecule has 0 saturated carbocycles. The van der Waals surface area contributed by atoms with E-state index in [-0.39, 0.29) is 22.8 Å². The average Bonchev–Trinajstić information content (AvgIpc) is 3.35. The molecule has 30 heavy (non-hydrogen) atoms. The van der Waals surface area contributed by atoms with E-state index in [4.69, 9.17) is 13.9 Å². The van der Waals surface area contributed by atoms with E-state index in [2.05, 4.69) is 5.32 Å². The third kappa shape index (κ3) is 4.05. The predicted octanol–water partition coefficient (Wildman–Crippen LogP) is 3.75. The van der Waals surface area contributed by atoms with E-state index in [1.165, 1.54) is 14.0 Å². The van der Waals surface area contributed by atoms with E-state index >= 15 is 0 Å². The van der Waals surface area contributed by atoms with E-state index in [0.29, 0.717) is 11.4 Å². The number of hydrogen-bond acceptors (Lipinski definition) is 6. The summed E-state index contributed by atoms with van der Waals surface area (Å²) in [6.07, 6.45) is 2.28. The first kappa shape index (κ1) is 20.7. The maximum atomic E-state index is 12.7. The van der Waals surface area contributed by atoms with Crippen LogP contribution >= 0.6 is 0 Å². The minimum Gasteiger partial charge on any atom is -0.495 e. The largest absolute Gasteiger partial charge is 0.495 e. The van der Waals surface area contributed by atoms with Gasteiger partial charge in [0.15, 0.2) is 6.10 Å². The Labute approximate surface area is 173 Å². The average molecular weight is 407 g/mol. The van der Waals surface area contributed by atoms with Crippen LogP contribution in [0.1, 0.15) is 34.2 Å². The summed E-state index contributed by atoms with van der Waals surface area (Å²) in [5.41, 5.74) is 1.44. The lowest BCUT2D eigenvalue weighted by atomic mass is 10.1. The van der Waals surface area contributed by atoms with Crippen molar-refractivity contribution in [1.82, 2.24) is 4.57 Å². The number of anilines is 1. The Morgan fingerprint density at radius 3 is 2.57 bits per heavy atom. The van der Waals surface area contributed by atoms with Crippen molar-refractivity contribution >= 4 is 17.6 Å². The zero-order valence-electron chi connectivity index (χ0n) is 17.1. The fourth-order valence-corrected chi connectivity index (χ4v) is 2.96. The van der Waals surface area contributed by atoms with Gasteiger partial charge in [-0.1, -0.05) is 6.07 Å². The Morgan fingerprint density at radius 2 is 1.93 bits per heavy atom. The molecule has 0 spiro atoms. The fourth-order valence-electron chi connectivity index (χ4n) is 2.96. The molecule has 154 valence electrons. The molecule has 0 fully saturated rings. The summed E-state index contributed by atoms with van der Waals surface area (Å²) >= 11 is 0. The number of aromatic nitrogens is 1. The number of carbonyl (C=O) groups excluding carboxylic acids is 2. The number of nitrogens with zero attached hydrogens (tertiary/aromatic N) is 2. The molecule has 0 radical (unpaired) electrons. The van der Waals surface area contributed by atoms with Crippen molar-refractivity contribution in [2.75, 3.05) is 12.4 Å². The zero-order chi connectivity index (χ0) is 21.8. The van der Waals surface area contributed by atoms with Crippen LogP contribution in [0, 0.1) is 25.2 Å². The number of furan rings is 1. The second kappa shape index (κ2) is 8.57. The van der Waals surface area contributed by atoms with Gasteiger partial charge in [-0.3, -0.25) is 9.36 Å². The van der Waals surface area contributed by atoms with Gasteiger partial charge in [-0.05, 0) is 50.6 Å². The van der Waals surface area contributed by atoms with Crippen molar-refractivity contribution in [2.45, 2.75) is 26.9 Å². The summed E-state index contributed by atoms with van der Waals surface area (Å²) < 4.78 is 17.7. The summed E-state index contributed by atoms with van der Waals surface area (Å²) in [5.74, 6) is -0.411. The Bertz CT molecular complexity index is 1120. The fraction of sp³-hybridized carbons (Fsp3) is 0.227. The van der Waals surface area contributed by atoms with E-state index in [9.17, 15) is 14.9 Å². The van der Waals surface area contributed by atoms with Crippen molar-refractivity contribution in [3.8, 4) is 17.7 Å². The highest BCUT2D eigenvalue weighted by molar-refractivity contribution is 5.99. The summed E-state index contributed by atoms with van der Waals surface area (Å²) in [4.78, 5) is 25.3. The Morgan fingerprint density at radius 1 is 1.23 bits per heavy atom. The van der Waals surface area contributed by atoms with Crippen LogP contribution in [0.2, 0.25) is 0 Å². The molecule has 0 saturated heterocycles. The van der Waals surface area contributed by atoms with Crippen LogP contribution in [0.5, 0.6) is 5.75 Å². The van der Waals surface area contributed by atoms with Crippen LogP contribution in [-0.4, -0.2) is 29.7 Å². The van der Waals surface area contributed by atoms with Gasteiger partial charge in [0.1, 0.15) is 28.7 Å². The Kier molecular flexibility index (Phi) is 5.93. The molecule has 8 nitrogen and oxygen atoms in total. The van der Waals surface area contributed by atoms with Crippen LogP contribution in [0.25, 0.3) is 5.88 Å². The van der Waals surface area contributed by atoms with Gasteiger partial charge < -0.3 is 19.2 Å². The lowest BCUT2D eigenvalue weighted by Crippen LogP contribution is -2.30. The van der Waals surface area contributed by atoms with Crippen molar-refractivity contribution in [3.05, 3.63) is 65.2 Å². The summed E-state index contributed by atoms with van der Waals surface area (Å²) in [5, 5.41) is 12.3. The summed E-state index contributed by atoms with van der Waals surface area (Å²) in [6, 6.07) is 10.9. The molecule has 0 aliphatic carbocycles. The lowest BCUT2D eigenvalue weighted by molar-refractivity contribution is -0.123. The van der Waals surface area contributed by atoms with Crippen LogP contribution in [0.4, 0.5) is 5.69 Å². The third-order valence-corrected chi connectivity index (χ3v) is 4.49. The molecule has 2 heterocycles. The van der Waals surface area contributed by atoms with Crippen LogP contribution in [-0.2, 0) is 9.53 Å². The van der Waals surface area contributed by atoms with Crippen LogP contribution in [0.3, 0.4) is 0 Å². The Hall–Kier alpha value is -3.99. The molecule has 8 heteroatoms. The molecular formula is C22H21N3O5. The molecule has 0 aliphatic rings. The predicted molar refractivity (Wildman–Crippen MR) is 109 cm³/mol. The van der Waals surface area contributed by atoms with Gasteiger partial charge >= 0.3 is 5.97 Å². The first-order chi connectivity index (χ1) is 14.3. The molecule has 1 atom stereocenters. The number of nitrogens with one attached hydrogen (secondary N) is 1. The highest BCUT2D eigenvalue weighted by Gasteiger charge is 2.28.